The van der Waals surface area contributed by atoms with Gasteiger partial charge in [-0.1, -0.05) is 23.7 Å². The van der Waals surface area contributed by atoms with Gasteiger partial charge in [0.1, 0.15) is 0 Å². The summed E-state index contributed by atoms with van der Waals surface area (Å²) in [7, 11) is 1.73. The van der Waals surface area contributed by atoms with Crippen LogP contribution in [0.15, 0.2) is 48.5 Å². The smallest absolute Gasteiger partial charge is 0.251 e. The highest BCUT2D eigenvalue weighted by Crippen LogP contribution is 2.13. The molecule has 3 amide bonds. The number of amides is 3. The van der Waals surface area contributed by atoms with Crippen molar-refractivity contribution in [3.63, 3.8) is 0 Å². The van der Waals surface area contributed by atoms with Crippen LogP contribution in [0, 0.1) is 0 Å². The van der Waals surface area contributed by atoms with Crippen LogP contribution in [0.3, 0.4) is 0 Å². The van der Waals surface area contributed by atoms with Crippen molar-refractivity contribution in [1.29, 1.82) is 0 Å². The van der Waals surface area contributed by atoms with Crippen LogP contribution >= 0.6 is 11.6 Å². The number of halogens is 1. The lowest BCUT2D eigenvalue weighted by Gasteiger charge is -2.15. The van der Waals surface area contributed by atoms with Crippen LogP contribution in [0.25, 0.3) is 0 Å². The fourth-order valence-corrected chi connectivity index (χ4v) is 2.64. The van der Waals surface area contributed by atoms with E-state index in [-0.39, 0.29) is 17.7 Å². The van der Waals surface area contributed by atoms with Crippen molar-refractivity contribution in [2.24, 2.45) is 0 Å². The average Bonchev–Trinajstić information content (AvgIpc) is 2.65. The van der Waals surface area contributed by atoms with Crippen molar-refractivity contribution >= 4 is 35.0 Å². The van der Waals surface area contributed by atoms with E-state index in [0.29, 0.717) is 42.2 Å². The van der Waals surface area contributed by atoms with Crippen LogP contribution in [-0.2, 0) is 16.1 Å². The minimum atomic E-state index is -0.195. The first-order chi connectivity index (χ1) is 13.3. The third-order valence-electron chi connectivity index (χ3n) is 4.14. The van der Waals surface area contributed by atoms with Crippen molar-refractivity contribution in [3.8, 4) is 0 Å². The molecule has 7 heteroatoms. The maximum Gasteiger partial charge on any atom is 0.251 e. The standard InChI is InChI=1S/C21H24ClN3O3/c1-15(26)25(2)14-16-5-3-6-19(13-16)24-20(27)7-4-12-23-21(28)17-8-10-18(22)11-9-17/h3,5-6,8-11,13H,4,7,12,14H2,1-2H3,(H,23,28)(H,24,27). The highest BCUT2D eigenvalue weighted by Gasteiger charge is 2.08. The second-order valence-corrected chi connectivity index (χ2v) is 6.93. The van der Waals surface area contributed by atoms with Gasteiger partial charge < -0.3 is 15.5 Å². The van der Waals surface area contributed by atoms with Gasteiger partial charge in [-0.15, -0.1) is 0 Å². The summed E-state index contributed by atoms with van der Waals surface area (Å²) in [6.45, 7) is 2.39. The quantitative estimate of drug-likeness (QED) is 0.665. The van der Waals surface area contributed by atoms with E-state index in [1.165, 1.54) is 6.92 Å². The lowest BCUT2D eigenvalue weighted by atomic mass is 10.2. The molecule has 6 nitrogen and oxygen atoms in total. The van der Waals surface area contributed by atoms with Gasteiger partial charge in [0.15, 0.2) is 0 Å². The van der Waals surface area contributed by atoms with Gasteiger partial charge in [0, 0.05) is 49.8 Å². The minimum Gasteiger partial charge on any atom is -0.352 e. The molecule has 0 aromatic heterocycles. The van der Waals surface area contributed by atoms with E-state index in [2.05, 4.69) is 10.6 Å². The molecule has 0 fully saturated rings. The third-order valence-corrected chi connectivity index (χ3v) is 4.39. The van der Waals surface area contributed by atoms with Crippen molar-refractivity contribution in [1.82, 2.24) is 10.2 Å². The second-order valence-electron chi connectivity index (χ2n) is 6.49. The first-order valence-electron chi connectivity index (χ1n) is 8.99. The predicted octanol–water partition coefficient (Wildman–Crippen LogP) is 3.47. The number of carbonyl (C=O) groups is 3. The summed E-state index contributed by atoms with van der Waals surface area (Å²) in [6, 6.07) is 14.0. The van der Waals surface area contributed by atoms with Crippen molar-refractivity contribution in [2.75, 3.05) is 18.9 Å². The summed E-state index contributed by atoms with van der Waals surface area (Å²) in [5.41, 5.74) is 2.15. The molecular formula is C21H24ClN3O3. The minimum absolute atomic E-state index is 0.0184. The third kappa shape index (κ3) is 7.04. The molecular weight excluding hydrogens is 378 g/mol. The van der Waals surface area contributed by atoms with Gasteiger partial charge in [-0.25, -0.2) is 0 Å². The number of nitrogens with one attached hydrogen (secondary N) is 2. The molecule has 148 valence electrons. The summed E-state index contributed by atoms with van der Waals surface area (Å²) < 4.78 is 0. The zero-order valence-electron chi connectivity index (χ0n) is 16.0. The summed E-state index contributed by atoms with van der Waals surface area (Å²) in [4.78, 5) is 37.0. The molecule has 0 atom stereocenters. The molecule has 0 aliphatic rings. The molecule has 0 aliphatic carbocycles. The molecule has 28 heavy (non-hydrogen) atoms. The van der Waals surface area contributed by atoms with Gasteiger partial charge in [0.25, 0.3) is 5.91 Å². The second kappa shape index (κ2) is 10.5. The lowest BCUT2D eigenvalue weighted by Crippen LogP contribution is -2.25. The van der Waals surface area contributed by atoms with E-state index < -0.39 is 0 Å². The van der Waals surface area contributed by atoms with Gasteiger partial charge in [0.05, 0.1) is 0 Å². The Kier molecular flexibility index (Phi) is 8.02. The van der Waals surface area contributed by atoms with Crippen molar-refractivity contribution in [3.05, 3.63) is 64.7 Å². The van der Waals surface area contributed by atoms with E-state index in [0.717, 1.165) is 5.56 Å². The molecule has 0 heterocycles. The van der Waals surface area contributed by atoms with Crippen LogP contribution in [-0.4, -0.2) is 36.2 Å². The molecule has 0 radical (unpaired) electrons. The highest BCUT2D eigenvalue weighted by atomic mass is 35.5. The SMILES string of the molecule is CC(=O)N(C)Cc1cccc(NC(=O)CCCNC(=O)c2ccc(Cl)cc2)c1. The van der Waals surface area contributed by atoms with Crippen LogP contribution < -0.4 is 10.6 Å². The number of rotatable bonds is 8. The van der Waals surface area contributed by atoms with Crippen LogP contribution in [0.1, 0.15) is 35.7 Å². The van der Waals surface area contributed by atoms with E-state index in [1.54, 1.807) is 42.3 Å². The van der Waals surface area contributed by atoms with Crippen LogP contribution in [0.5, 0.6) is 0 Å². The van der Waals surface area contributed by atoms with E-state index >= 15 is 0 Å². The Morgan fingerprint density at radius 2 is 1.79 bits per heavy atom. The number of nitrogens with zero attached hydrogens (tertiary/aromatic N) is 1. The molecule has 0 saturated heterocycles. The summed E-state index contributed by atoms with van der Waals surface area (Å²) >= 11 is 5.80. The normalized spacial score (nSPS) is 10.2. The van der Waals surface area contributed by atoms with E-state index in [1.807, 2.05) is 18.2 Å². The Hall–Kier alpha value is -2.86. The lowest BCUT2D eigenvalue weighted by molar-refractivity contribution is -0.128. The Balaban J connectivity index is 1.74. The molecule has 2 aromatic rings. The Labute approximate surface area is 169 Å². The maximum atomic E-state index is 12.1. The number of benzene rings is 2. The first-order valence-corrected chi connectivity index (χ1v) is 9.37. The van der Waals surface area contributed by atoms with Crippen LogP contribution in [0.2, 0.25) is 5.02 Å². The summed E-state index contributed by atoms with van der Waals surface area (Å²) in [5.74, 6) is -0.340. The Bertz CT molecular complexity index is 837. The molecule has 2 aromatic carbocycles. The van der Waals surface area contributed by atoms with E-state index in [9.17, 15) is 14.4 Å². The molecule has 0 aliphatic heterocycles. The number of anilines is 1. The van der Waals surface area contributed by atoms with Gasteiger partial charge in [0.2, 0.25) is 11.8 Å². The van der Waals surface area contributed by atoms with Crippen molar-refractivity contribution in [2.45, 2.75) is 26.3 Å². The maximum absolute atomic E-state index is 12.1. The molecule has 2 N–H and O–H groups in total. The molecule has 0 bridgehead atoms. The first kappa shape index (κ1) is 21.4. The Morgan fingerprint density at radius 1 is 1.07 bits per heavy atom. The topological polar surface area (TPSA) is 78.5 Å². The van der Waals surface area contributed by atoms with Crippen molar-refractivity contribution < 1.29 is 14.4 Å². The number of hydrogen-bond donors (Lipinski definition) is 2. The molecule has 0 spiro atoms. The number of hydrogen-bond acceptors (Lipinski definition) is 3. The largest absolute Gasteiger partial charge is 0.352 e. The number of carbonyl (C=O) groups excluding carboxylic acids is 3. The van der Waals surface area contributed by atoms with Gasteiger partial charge in [-0.05, 0) is 48.4 Å². The van der Waals surface area contributed by atoms with Gasteiger partial charge in [-0.3, -0.25) is 14.4 Å². The molecule has 0 saturated carbocycles. The van der Waals surface area contributed by atoms with Gasteiger partial charge >= 0.3 is 0 Å². The molecule has 0 unspecified atom stereocenters. The average molecular weight is 402 g/mol. The summed E-state index contributed by atoms with van der Waals surface area (Å²) in [6.07, 6.45) is 0.816. The summed E-state index contributed by atoms with van der Waals surface area (Å²) in [5, 5.41) is 6.19. The monoisotopic (exact) mass is 401 g/mol. The van der Waals surface area contributed by atoms with E-state index in [4.69, 9.17) is 11.6 Å². The predicted molar refractivity (Wildman–Crippen MR) is 110 cm³/mol. The fraction of sp³-hybridized carbons (Fsp3) is 0.286. The zero-order valence-corrected chi connectivity index (χ0v) is 16.8. The molecule has 2 rings (SSSR count). The fourth-order valence-electron chi connectivity index (χ4n) is 2.51. The van der Waals surface area contributed by atoms with Gasteiger partial charge in [-0.2, -0.15) is 0 Å². The van der Waals surface area contributed by atoms with Crippen LogP contribution in [0.4, 0.5) is 5.69 Å². The zero-order chi connectivity index (χ0) is 20.5. The highest BCUT2D eigenvalue weighted by molar-refractivity contribution is 6.30. The Morgan fingerprint density at radius 3 is 2.46 bits per heavy atom.